The average Bonchev–Trinajstić information content (AvgIpc) is 2.95. The number of aryl methyl sites for hydroxylation is 1. The molecule has 0 aromatic carbocycles. The van der Waals surface area contributed by atoms with Crippen molar-refractivity contribution in [3.63, 3.8) is 0 Å². The Balaban J connectivity index is 1.84. The highest BCUT2D eigenvalue weighted by Gasteiger charge is 2.14. The van der Waals surface area contributed by atoms with E-state index in [1.54, 1.807) is 35.2 Å². The van der Waals surface area contributed by atoms with E-state index in [1.807, 2.05) is 6.92 Å². The molecule has 0 saturated carbocycles. The normalized spacial score (nSPS) is 11.3. The van der Waals surface area contributed by atoms with Crippen LogP contribution in [0.15, 0.2) is 60.1 Å². The van der Waals surface area contributed by atoms with Crippen molar-refractivity contribution in [2.24, 2.45) is 0 Å². The third kappa shape index (κ3) is 2.82. The maximum atomic E-state index is 12.2. The number of pyridine rings is 2. The second-order valence-corrected chi connectivity index (χ2v) is 6.23. The van der Waals surface area contributed by atoms with E-state index < -0.39 is 10.0 Å². The van der Waals surface area contributed by atoms with Gasteiger partial charge < -0.3 is 0 Å². The van der Waals surface area contributed by atoms with E-state index >= 15 is 0 Å². The van der Waals surface area contributed by atoms with E-state index in [-0.39, 0.29) is 4.90 Å². The Morgan fingerprint density at radius 2 is 1.95 bits per heavy atom. The van der Waals surface area contributed by atoms with Crippen LogP contribution in [0.1, 0.15) is 5.82 Å². The van der Waals surface area contributed by atoms with Gasteiger partial charge in [-0.25, -0.2) is 18.4 Å². The molecule has 0 fully saturated rings. The highest BCUT2D eigenvalue weighted by atomic mass is 32.2. The molecule has 0 atom stereocenters. The van der Waals surface area contributed by atoms with Crippen molar-refractivity contribution in [3.8, 4) is 5.82 Å². The Bertz CT molecular complexity index is 873. The lowest BCUT2D eigenvalue weighted by molar-refractivity contribution is 0.601. The van der Waals surface area contributed by atoms with Crippen molar-refractivity contribution in [2.75, 3.05) is 4.72 Å². The molecule has 0 aliphatic carbocycles. The lowest BCUT2D eigenvalue weighted by atomic mass is 10.4. The molecule has 0 radical (unpaired) electrons. The molecule has 7 nitrogen and oxygen atoms in total. The van der Waals surface area contributed by atoms with E-state index in [4.69, 9.17) is 0 Å². The van der Waals surface area contributed by atoms with Gasteiger partial charge in [-0.1, -0.05) is 0 Å². The van der Waals surface area contributed by atoms with Crippen LogP contribution in [0.25, 0.3) is 5.82 Å². The standard InChI is InChI=1S/C14H13N5O2S/c1-11-16-7-8-19(11)14-5-4-12(9-17-14)18-22(20,21)13-3-2-6-15-10-13/h2-10,18H,1H3. The fourth-order valence-corrected chi connectivity index (χ4v) is 2.94. The summed E-state index contributed by atoms with van der Waals surface area (Å²) in [7, 11) is -3.66. The van der Waals surface area contributed by atoms with Crippen LogP contribution in [-0.4, -0.2) is 27.9 Å². The zero-order chi connectivity index (χ0) is 15.6. The second kappa shape index (κ2) is 5.57. The number of nitrogens with one attached hydrogen (secondary N) is 1. The van der Waals surface area contributed by atoms with Gasteiger partial charge in [-0.2, -0.15) is 0 Å². The van der Waals surface area contributed by atoms with Crippen molar-refractivity contribution in [1.29, 1.82) is 0 Å². The molecule has 0 saturated heterocycles. The van der Waals surface area contributed by atoms with Crippen LogP contribution in [0.4, 0.5) is 5.69 Å². The minimum atomic E-state index is -3.66. The van der Waals surface area contributed by atoms with Gasteiger partial charge in [0.25, 0.3) is 10.0 Å². The molecule has 0 aliphatic rings. The summed E-state index contributed by atoms with van der Waals surface area (Å²) in [6.07, 6.45) is 7.73. The van der Waals surface area contributed by atoms with Gasteiger partial charge in [0.2, 0.25) is 0 Å². The van der Waals surface area contributed by atoms with Crippen LogP contribution in [0.2, 0.25) is 0 Å². The average molecular weight is 315 g/mol. The van der Waals surface area contributed by atoms with Crippen LogP contribution in [0.3, 0.4) is 0 Å². The zero-order valence-electron chi connectivity index (χ0n) is 11.7. The van der Waals surface area contributed by atoms with Gasteiger partial charge in [0.15, 0.2) is 0 Å². The topological polar surface area (TPSA) is 89.8 Å². The number of rotatable bonds is 4. The molecule has 3 aromatic rings. The maximum absolute atomic E-state index is 12.2. The monoisotopic (exact) mass is 315 g/mol. The molecule has 0 aliphatic heterocycles. The van der Waals surface area contributed by atoms with Crippen LogP contribution < -0.4 is 4.72 Å². The first-order chi connectivity index (χ1) is 10.6. The second-order valence-electron chi connectivity index (χ2n) is 4.54. The molecule has 3 rings (SSSR count). The summed E-state index contributed by atoms with van der Waals surface area (Å²) in [6.45, 7) is 1.86. The Kier molecular flexibility index (Phi) is 3.60. The number of anilines is 1. The molecule has 3 heterocycles. The lowest BCUT2D eigenvalue weighted by Gasteiger charge is -2.08. The van der Waals surface area contributed by atoms with E-state index in [2.05, 4.69) is 19.7 Å². The van der Waals surface area contributed by atoms with E-state index in [0.29, 0.717) is 11.5 Å². The number of hydrogen-bond acceptors (Lipinski definition) is 5. The van der Waals surface area contributed by atoms with Gasteiger partial charge in [0.1, 0.15) is 16.5 Å². The predicted molar refractivity (Wildman–Crippen MR) is 81.1 cm³/mol. The number of sulfonamides is 1. The number of nitrogens with zero attached hydrogens (tertiary/aromatic N) is 4. The van der Waals surface area contributed by atoms with Crippen LogP contribution in [0.5, 0.6) is 0 Å². The van der Waals surface area contributed by atoms with E-state index in [0.717, 1.165) is 5.82 Å². The largest absolute Gasteiger partial charge is 0.288 e. The van der Waals surface area contributed by atoms with Crippen molar-refractivity contribution in [3.05, 3.63) is 61.1 Å². The summed E-state index contributed by atoms with van der Waals surface area (Å²) in [5.41, 5.74) is 0.380. The summed E-state index contributed by atoms with van der Waals surface area (Å²) in [6, 6.07) is 6.41. The molecule has 3 aromatic heterocycles. The molecule has 22 heavy (non-hydrogen) atoms. The maximum Gasteiger partial charge on any atom is 0.263 e. The number of imidazole rings is 1. The summed E-state index contributed by atoms with van der Waals surface area (Å²) in [5, 5.41) is 0. The summed E-state index contributed by atoms with van der Waals surface area (Å²) >= 11 is 0. The molecule has 0 bridgehead atoms. The fraction of sp³-hybridized carbons (Fsp3) is 0.0714. The summed E-state index contributed by atoms with van der Waals surface area (Å²) in [4.78, 5) is 12.3. The molecule has 1 N–H and O–H groups in total. The predicted octanol–water partition coefficient (Wildman–Crippen LogP) is 1.77. The zero-order valence-corrected chi connectivity index (χ0v) is 12.5. The number of hydrogen-bond donors (Lipinski definition) is 1. The first-order valence-corrected chi connectivity index (χ1v) is 7.94. The summed E-state index contributed by atoms with van der Waals surface area (Å²) < 4.78 is 28.6. The first kappa shape index (κ1) is 14.2. The summed E-state index contributed by atoms with van der Waals surface area (Å²) in [5.74, 6) is 1.47. The van der Waals surface area contributed by atoms with Gasteiger partial charge in [0.05, 0.1) is 11.9 Å². The van der Waals surface area contributed by atoms with E-state index in [9.17, 15) is 8.42 Å². The fourth-order valence-electron chi connectivity index (χ4n) is 1.93. The van der Waals surface area contributed by atoms with Crippen LogP contribution in [0, 0.1) is 6.92 Å². The van der Waals surface area contributed by atoms with Crippen LogP contribution in [-0.2, 0) is 10.0 Å². The van der Waals surface area contributed by atoms with Gasteiger partial charge in [0, 0.05) is 24.8 Å². The van der Waals surface area contributed by atoms with Crippen molar-refractivity contribution < 1.29 is 8.42 Å². The lowest BCUT2D eigenvalue weighted by Crippen LogP contribution is -2.13. The van der Waals surface area contributed by atoms with Gasteiger partial charge >= 0.3 is 0 Å². The first-order valence-electron chi connectivity index (χ1n) is 6.45. The third-order valence-corrected chi connectivity index (χ3v) is 4.38. The Hall–Kier alpha value is -2.74. The minimum Gasteiger partial charge on any atom is -0.288 e. The van der Waals surface area contributed by atoms with Gasteiger partial charge in [-0.15, -0.1) is 0 Å². The van der Waals surface area contributed by atoms with E-state index in [1.165, 1.54) is 24.7 Å². The Morgan fingerprint density at radius 3 is 2.55 bits per heavy atom. The van der Waals surface area contributed by atoms with Gasteiger partial charge in [-0.05, 0) is 31.2 Å². The smallest absolute Gasteiger partial charge is 0.263 e. The van der Waals surface area contributed by atoms with Gasteiger partial charge in [-0.3, -0.25) is 14.3 Å². The SMILES string of the molecule is Cc1nccn1-c1ccc(NS(=O)(=O)c2cccnc2)cn1. The van der Waals surface area contributed by atoms with Crippen molar-refractivity contribution >= 4 is 15.7 Å². The molecule has 0 spiro atoms. The minimum absolute atomic E-state index is 0.101. The third-order valence-electron chi connectivity index (χ3n) is 3.02. The molecule has 0 unspecified atom stereocenters. The number of aromatic nitrogens is 4. The highest BCUT2D eigenvalue weighted by molar-refractivity contribution is 7.92. The van der Waals surface area contributed by atoms with Crippen LogP contribution >= 0.6 is 0 Å². The highest BCUT2D eigenvalue weighted by Crippen LogP contribution is 2.16. The molecule has 112 valence electrons. The van der Waals surface area contributed by atoms with Crippen molar-refractivity contribution in [2.45, 2.75) is 11.8 Å². The molecular weight excluding hydrogens is 302 g/mol. The molecular formula is C14H13N5O2S. The Morgan fingerprint density at radius 1 is 1.09 bits per heavy atom. The molecule has 8 heteroatoms. The quantitative estimate of drug-likeness (QED) is 0.792. The van der Waals surface area contributed by atoms with Crippen molar-refractivity contribution in [1.82, 2.24) is 19.5 Å². The Labute approximate surface area is 127 Å². The molecule has 0 amide bonds.